The van der Waals surface area contributed by atoms with Crippen LogP contribution in [0.5, 0.6) is 11.5 Å². The average molecular weight is 416 g/mol. The zero-order valence-electron chi connectivity index (χ0n) is 10.2. The van der Waals surface area contributed by atoms with E-state index in [1.807, 2.05) is 12.1 Å². The number of aromatic nitrogens is 1. The molecule has 2 aromatic heterocycles. The van der Waals surface area contributed by atoms with Gasteiger partial charge in [0, 0.05) is 12.3 Å². The highest BCUT2D eigenvalue weighted by Crippen LogP contribution is 2.40. The molecule has 0 saturated carbocycles. The van der Waals surface area contributed by atoms with Gasteiger partial charge in [-0.25, -0.2) is 4.39 Å². The van der Waals surface area contributed by atoms with Gasteiger partial charge in [0.1, 0.15) is 8.40 Å². The Morgan fingerprint density at radius 3 is 2.90 bits per heavy atom. The van der Waals surface area contributed by atoms with Gasteiger partial charge in [0.25, 0.3) is 5.69 Å². The van der Waals surface area contributed by atoms with Crippen LogP contribution >= 0.6 is 33.9 Å². The second-order valence-corrected chi connectivity index (χ2v) is 6.89. The number of non-ortho nitro benzene ring substituents is 1. The van der Waals surface area contributed by atoms with Crippen molar-refractivity contribution in [1.29, 1.82) is 0 Å². The number of fused-ring (bicyclic) bond motifs is 1. The summed E-state index contributed by atoms with van der Waals surface area (Å²) in [5, 5.41) is 10.6. The predicted octanol–water partition coefficient (Wildman–Crippen LogP) is 4.74. The van der Waals surface area contributed by atoms with Gasteiger partial charge < -0.3 is 4.74 Å². The quantitative estimate of drug-likeness (QED) is 0.352. The molecule has 2 heterocycles. The lowest BCUT2D eigenvalue weighted by atomic mass is 10.3. The van der Waals surface area contributed by atoms with E-state index in [2.05, 4.69) is 27.6 Å². The van der Waals surface area contributed by atoms with Gasteiger partial charge in [0.15, 0.2) is 17.3 Å². The van der Waals surface area contributed by atoms with Crippen molar-refractivity contribution in [2.24, 2.45) is 0 Å². The minimum atomic E-state index is -0.782. The van der Waals surface area contributed by atoms with Crippen molar-refractivity contribution in [1.82, 2.24) is 4.98 Å². The minimum Gasteiger partial charge on any atom is -0.450 e. The number of rotatable bonds is 3. The molecule has 3 aromatic rings. The van der Waals surface area contributed by atoms with Gasteiger partial charge in [-0.15, -0.1) is 11.3 Å². The molecule has 0 spiro atoms. The highest BCUT2D eigenvalue weighted by molar-refractivity contribution is 14.1. The topological polar surface area (TPSA) is 65.3 Å². The largest absolute Gasteiger partial charge is 0.450 e. The molecule has 106 valence electrons. The summed E-state index contributed by atoms with van der Waals surface area (Å²) in [6.45, 7) is 0. The average Bonchev–Trinajstić information content (AvgIpc) is 2.77. The van der Waals surface area contributed by atoms with Crippen LogP contribution in [0.3, 0.4) is 0 Å². The first-order valence-corrected chi connectivity index (χ1v) is 7.60. The van der Waals surface area contributed by atoms with Crippen molar-refractivity contribution in [3.8, 4) is 11.5 Å². The summed E-state index contributed by atoms with van der Waals surface area (Å²) in [6.07, 6.45) is 1.63. The first kappa shape index (κ1) is 14.1. The molecule has 0 amide bonds. The number of ether oxygens (including phenoxy) is 1. The van der Waals surface area contributed by atoms with Gasteiger partial charge in [-0.1, -0.05) is 0 Å². The Morgan fingerprint density at radius 2 is 2.19 bits per heavy atom. The third-order valence-electron chi connectivity index (χ3n) is 2.70. The molecule has 0 aliphatic rings. The fourth-order valence-electron chi connectivity index (χ4n) is 1.76. The van der Waals surface area contributed by atoms with E-state index in [4.69, 9.17) is 4.74 Å². The lowest BCUT2D eigenvalue weighted by molar-refractivity contribution is -0.385. The van der Waals surface area contributed by atoms with Crippen molar-refractivity contribution in [2.75, 3.05) is 0 Å². The Kier molecular flexibility index (Phi) is 3.72. The summed E-state index contributed by atoms with van der Waals surface area (Å²) < 4.78 is 21.2. The number of hydrogen-bond acceptors (Lipinski definition) is 5. The Hall–Kier alpha value is -1.81. The maximum absolute atomic E-state index is 13.9. The second kappa shape index (κ2) is 5.53. The van der Waals surface area contributed by atoms with Crippen molar-refractivity contribution in [2.45, 2.75) is 0 Å². The van der Waals surface area contributed by atoms with E-state index in [-0.39, 0.29) is 11.4 Å². The van der Waals surface area contributed by atoms with E-state index in [9.17, 15) is 14.5 Å². The molecule has 0 aliphatic carbocycles. The molecule has 0 N–H and O–H groups in total. The van der Waals surface area contributed by atoms with Crippen LogP contribution in [0.15, 0.2) is 36.5 Å². The van der Waals surface area contributed by atoms with Crippen molar-refractivity contribution in [3.63, 3.8) is 0 Å². The van der Waals surface area contributed by atoms with E-state index in [1.165, 1.54) is 23.5 Å². The molecule has 5 nitrogen and oxygen atoms in total. The highest BCUT2D eigenvalue weighted by atomic mass is 127. The molecule has 0 fully saturated rings. The SMILES string of the molecule is O=[N+]([O-])c1ccc(Oc2c(I)sc3cccnc23)c(F)c1. The fraction of sp³-hybridized carbons (Fsp3) is 0. The molecular formula is C13H6FIN2O3S. The molecule has 0 atom stereocenters. The summed E-state index contributed by atoms with van der Waals surface area (Å²) in [5.74, 6) is -0.386. The van der Waals surface area contributed by atoms with Crippen LogP contribution in [-0.2, 0) is 0 Å². The summed E-state index contributed by atoms with van der Waals surface area (Å²) in [6, 6.07) is 6.99. The third kappa shape index (κ3) is 2.68. The predicted molar refractivity (Wildman–Crippen MR) is 85.5 cm³/mol. The van der Waals surface area contributed by atoms with Gasteiger partial charge >= 0.3 is 0 Å². The molecule has 1 aromatic carbocycles. The van der Waals surface area contributed by atoms with Crippen molar-refractivity contribution >= 4 is 49.8 Å². The summed E-state index contributed by atoms with van der Waals surface area (Å²) in [7, 11) is 0. The Balaban J connectivity index is 2.03. The van der Waals surface area contributed by atoms with E-state index in [0.29, 0.717) is 11.3 Å². The number of nitrogens with zero attached hydrogens (tertiary/aromatic N) is 2. The van der Waals surface area contributed by atoms with Crippen LogP contribution in [0, 0.1) is 18.8 Å². The van der Waals surface area contributed by atoms with Crippen LogP contribution in [-0.4, -0.2) is 9.91 Å². The zero-order valence-corrected chi connectivity index (χ0v) is 13.2. The summed E-state index contributed by atoms with van der Waals surface area (Å²) >= 11 is 3.57. The van der Waals surface area contributed by atoms with Gasteiger partial charge in [0.2, 0.25) is 0 Å². The zero-order chi connectivity index (χ0) is 15.0. The normalized spacial score (nSPS) is 10.8. The van der Waals surface area contributed by atoms with E-state index >= 15 is 0 Å². The fourth-order valence-corrected chi connectivity index (χ4v) is 3.65. The molecule has 0 radical (unpaired) electrons. The number of nitro groups is 1. The van der Waals surface area contributed by atoms with Crippen LogP contribution < -0.4 is 4.74 Å². The Labute approximate surface area is 135 Å². The minimum absolute atomic E-state index is 0.0659. The van der Waals surface area contributed by atoms with Gasteiger partial charge in [-0.2, -0.15) is 0 Å². The molecule has 0 saturated heterocycles. The van der Waals surface area contributed by atoms with Crippen molar-refractivity contribution < 1.29 is 14.1 Å². The lowest BCUT2D eigenvalue weighted by Gasteiger charge is -2.06. The van der Waals surface area contributed by atoms with E-state index < -0.39 is 10.7 Å². The maximum Gasteiger partial charge on any atom is 0.272 e. The maximum atomic E-state index is 13.9. The monoisotopic (exact) mass is 416 g/mol. The van der Waals surface area contributed by atoms with Crippen LogP contribution in [0.1, 0.15) is 0 Å². The van der Waals surface area contributed by atoms with Gasteiger partial charge in [-0.05, 0) is 40.8 Å². The second-order valence-electron chi connectivity index (χ2n) is 4.03. The number of hydrogen-bond donors (Lipinski definition) is 0. The van der Waals surface area contributed by atoms with Gasteiger partial charge in [0.05, 0.1) is 15.7 Å². The highest BCUT2D eigenvalue weighted by Gasteiger charge is 2.17. The standard InChI is InChI=1S/C13H6FIN2O3S/c14-8-6-7(17(18)19)3-4-9(8)20-12-11-10(21-13(12)15)2-1-5-16-11/h1-6H. The first-order valence-electron chi connectivity index (χ1n) is 5.71. The van der Waals surface area contributed by atoms with E-state index in [1.54, 1.807) is 6.20 Å². The van der Waals surface area contributed by atoms with Gasteiger partial charge in [-0.3, -0.25) is 15.1 Å². The lowest BCUT2D eigenvalue weighted by Crippen LogP contribution is -1.93. The molecule has 0 unspecified atom stereocenters. The smallest absolute Gasteiger partial charge is 0.272 e. The van der Waals surface area contributed by atoms with E-state index in [0.717, 1.165) is 13.7 Å². The Morgan fingerprint density at radius 1 is 1.38 bits per heavy atom. The first-order chi connectivity index (χ1) is 10.1. The van der Waals surface area contributed by atoms with Crippen LogP contribution in [0.25, 0.3) is 10.2 Å². The number of benzene rings is 1. The molecule has 8 heteroatoms. The van der Waals surface area contributed by atoms with Crippen molar-refractivity contribution in [3.05, 3.63) is 55.3 Å². The number of nitro benzene ring substituents is 1. The number of halogens is 2. The number of thiophene rings is 1. The Bertz CT molecular complexity index is 853. The molecule has 21 heavy (non-hydrogen) atoms. The summed E-state index contributed by atoms with van der Waals surface area (Å²) in [5.41, 5.74) is 0.326. The van der Waals surface area contributed by atoms with Crippen LogP contribution in [0.2, 0.25) is 0 Å². The molecule has 0 bridgehead atoms. The van der Waals surface area contributed by atoms with Crippen LogP contribution in [0.4, 0.5) is 10.1 Å². The molecular weight excluding hydrogens is 410 g/mol. The summed E-state index contributed by atoms with van der Waals surface area (Å²) in [4.78, 5) is 14.2. The third-order valence-corrected chi connectivity index (χ3v) is 4.77. The molecule has 0 aliphatic heterocycles. The number of pyridine rings is 1. The molecule has 3 rings (SSSR count).